The molecule has 0 saturated carbocycles. The molecule has 1 aromatic heterocycles. The fourth-order valence-corrected chi connectivity index (χ4v) is 3.20. The summed E-state index contributed by atoms with van der Waals surface area (Å²) in [6.45, 7) is 3.24. The highest BCUT2D eigenvalue weighted by atomic mass is 79.9. The Morgan fingerprint density at radius 1 is 1.47 bits per heavy atom. The van der Waals surface area contributed by atoms with Crippen LogP contribution in [-0.2, 0) is 22.4 Å². The third-order valence-electron chi connectivity index (χ3n) is 4.25. The van der Waals surface area contributed by atoms with E-state index in [1.807, 2.05) is 0 Å². The lowest BCUT2D eigenvalue weighted by Crippen LogP contribution is -2.36. The molecule has 0 saturated heterocycles. The van der Waals surface area contributed by atoms with E-state index in [4.69, 9.17) is 26.7 Å². The molecule has 12 nitrogen and oxygen atoms in total. The fraction of sp³-hybridized carbons (Fsp3) is 0.250. The standard InChI is InChI=1S/C16H18BrFN8O4/c1-16(2,11-7-22-15(23(11)3)25(27)28)29-26-14(21)12(13(19)20)24(30-26)8-4-5-10(18)9(17)6-8/h4-7H,21H2,1-3H3,(H3,19,20). The van der Waals surface area contributed by atoms with Gasteiger partial charge in [-0.1, -0.05) is 10.2 Å². The van der Waals surface area contributed by atoms with E-state index >= 15 is 0 Å². The SMILES string of the molecule is Cn1c(C(C)(C)ON2ON(c3ccc(F)c(Br)c3)C(C(=N)N)=C2N)cnc1[N+](=O)[O-]. The molecule has 30 heavy (non-hydrogen) atoms. The Balaban J connectivity index is 1.94. The topological polar surface area (TPSA) is 162 Å². The second-order valence-electron chi connectivity index (χ2n) is 6.74. The highest BCUT2D eigenvalue weighted by Crippen LogP contribution is 2.35. The van der Waals surface area contributed by atoms with Crippen LogP contribution in [0.5, 0.6) is 0 Å². The molecule has 1 aromatic carbocycles. The Morgan fingerprint density at radius 2 is 2.13 bits per heavy atom. The van der Waals surface area contributed by atoms with Crippen molar-refractivity contribution in [2.45, 2.75) is 19.4 Å². The van der Waals surface area contributed by atoms with Gasteiger partial charge >= 0.3 is 5.95 Å². The van der Waals surface area contributed by atoms with Crippen molar-refractivity contribution in [3.05, 3.63) is 62.0 Å². The number of amidine groups is 1. The Bertz CT molecular complexity index is 1070. The lowest BCUT2D eigenvalue weighted by atomic mass is 10.1. The Labute approximate surface area is 178 Å². The number of nitro groups is 1. The smallest absolute Gasteiger partial charge is 0.390 e. The van der Waals surface area contributed by atoms with Crippen molar-refractivity contribution in [2.75, 3.05) is 5.06 Å². The van der Waals surface area contributed by atoms with Crippen molar-refractivity contribution in [2.24, 2.45) is 18.5 Å². The van der Waals surface area contributed by atoms with E-state index in [0.29, 0.717) is 11.4 Å². The number of nitrogens with one attached hydrogen (secondary N) is 1. The lowest BCUT2D eigenvalue weighted by Gasteiger charge is -2.28. The van der Waals surface area contributed by atoms with Crippen LogP contribution in [0.25, 0.3) is 0 Å². The molecule has 0 unspecified atom stereocenters. The zero-order valence-corrected chi connectivity index (χ0v) is 17.7. The summed E-state index contributed by atoms with van der Waals surface area (Å²) in [5.41, 5.74) is 11.2. The normalized spacial score (nSPS) is 14.6. The number of nitrogens with zero attached hydrogens (tertiary/aromatic N) is 5. The minimum atomic E-state index is -1.19. The molecule has 2 aromatic rings. The highest BCUT2D eigenvalue weighted by molar-refractivity contribution is 9.10. The van der Waals surface area contributed by atoms with Gasteiger partial charge in [-0.3, -0.25) is 5.41 Å². The molecule has 0 radical (unpaired) electrons. The van der Waals surface area contributed by atoms with Crippen molar-refractivity contribution in [3.8, 4) is 0 Å². The number of hydroxylamine groups is 3. The van der Waals surface area contributed by atoms with Gasteiger partial charge in [-0.2, -0.15) is 5.06 Å². The molecule has 0 spiro atoms. The molecule has 5 N–H and O–H groups in total. The van der Waals surface area contributed by atoms with Gasteiger partial charge in [-0.05, 0) is 52.9 Å². The first-order valence-corrected chi connectivity index (χ1v) is 9.16. The van der Waals surface area contributed by atoms with Crippen molar-refractivity contribution in [1.82, 2.24) is 14.8 Å². The number of imidazole rings is 1. The van der Waals surface area contributed by atoms with Crippen LogP contribution in [0, 0.1) is 21.3 Å². The van der Waals surface area contributed by atoms with Gasteiger partial charge in [0.25, 0.3) is 0 Å². The van der Waals surface area contributed by atoms with Crippen LogP contribution in [0.2, 0.25) is 0 Å². The molecule has 0 amide bonds. The van der Waals surface area contributed by atoms with Crippen LogP contribution < -0.4 is 16.5 Å². The van der Waals surface area contributed by atoms with Crippen LogP contribution in [0.4, 0.5) is 16.0 Å². The predicted octanol–water partition coefficient (Wildman–Crippen LogP) is 2.13. The number of rotatable bonds is 6. The maximum atomic E-state index is 13.6. The van der Waals surface area contributed by atoms with E-state index in [0.717, 1.165) is 10.3 Å². The summed E-state index contributed by atoms with van der Waals surface area (Å²) in [4.78, 5) is 25.6. The van der Waals surface area contributed by atoms with E-state index in [-0.39, 0.29) is 21.9 Å². The Morgan fingerprint density at radius 3 is 2.67 bits per heavy atom. The van der Waals surface area contributed by atoms with Gasteiger partial charge in [-0.15, -0.1) is 4.94 Å². The maximum absolute atomic E-state index is 13.6. The van der Waals surface area contributed by atoms with Crippen LogP contribution in [0.15, 0.2) is 40.4 Å². The molecule has 1 aliphatic heterocycles. The van der Waals surface area contributed by atoms with Gasteiger partial charge < -0.3 is 21.6 Å². The van der Waals surface area contributed by atoms with E-state index in [1.54, 1.807) is 13.8 Å². The third kappa shape index (κ3) is 3.67. The van der Waals surface area contributed by atoms with Crippen molar-refractivity contribution < 1.29 is 19.1 Å². The number of halogens is 2. The first-order chi connectivity index (χ1) is 13.9. The van der Waals surface area contributed by atoms with Gasteiger partial charge in [0.1, 0.15) is 23.5 Å². The summed E-state index contributed by atoms with van der Waals surface area (Å²) in [6.07, 6.45) is 1.30. The van der Waals surface area contributed by atoms with Crippen LogP contribution in [0.1, 0.15) is 19.5 Å². The van der Waals surface area contributed by atoms with Gasteiger partial charge in [0, 0.05) is 0 Å². The zero-order chi connectivity index (χ0) is 22.4. The number of nitrogens with two attached hydrogens (primary N) is 2. The van der Waals surface area contributed by atoms with E-state index in [1.165, 1.54) is 36.0 Å². The molecule has 1 aliphatic rings. The summed E-state index contributed by atoms with van der Waals surface area (Å²) in [6, 6.07) is 4.00. The molecule has 0 fully saturated rings. The predicted molar refractivity (Wildman–Crippen MR) is 107 cm³/mol. The van der Waals surface area contributed by atoms with E-state index in [9.17, 15) is 14.5 Å². The average Bonchev–Trinajstić information content (AvgIpc) is 3.18. The fourth-order valence-electron chi connectivity index (χ4n) is 2.83. The lowest BCUT2D eigenvalue weighted by molar-refractivity contribution is -0.397. The number of hydrogen-bond donors (Lipinski definition) is 3. The van der Waals surface area contributed by atoms with Gasteiger partial charge in [-0.25, -0.2) is 13.8 Å². The Hall–Kier alpha value is -3.23. The summed E-state index contributed by atoms with van der Waals surface area (Å²) < 4.78 is 15.0. The monoisotopic (exact) mass is 484 g/mol. The molecule has 14 heteroatoms. The molecular weight excluding hydrogens is 467 g/mol. The van der Waals surface area contributed by atoms with Crippen LogP contribution in [0.3, 0.4) is 0 Å². The second kappa shape index (κ2) is 7.55. The first kappa shape index (κ1) is 21.5. The summed E-state index contributed by atoms with van der Waals surface area (Å²) in [5, 5.41) is 20.8. The number of benzene rings is 1. The van der Waals surface area contributed by atoms with Crippen molar-refractivity contribution >= 4 is 33.4 Å². The molecule has 0 aliphatic carbocycles. The number of hydrogen-bond acceptors (Lipinski definition) is 9. The molecule has 0 atom stereocenters. The minimum Gasteiger partial charge on any atom is -0.390 e. The second-order valence-corrected chi connectivity index (χ2v) is 7.59. The summed E-state index contributed by atoms with van der Waals surface area (Å²) in [7, 11) is 1.47. The summed E-state index contributed by atoms with van der Waals surface area (Å²) >= 11 is 3.08. The average molecular weight is 485 g/mol. The molecular formula is C16H18BrFN8O4. The minimum absolute atomic E-state index is 0.0275. The molecule has 160 valence electrons. The van der Waals surface area contributed by atoms with Gasteiger partial charge in [0.15, 0.2) is 17.1 Å². The Kier molecular flexibility index (Phi) is 5.40. The van der Waals surface area contributed by atoms with E-state index in [2.05, 4.69) is 20.9 Å². The largest absolute Gasteiger partial charge is 0.434 e. The zero-order valence-electron chi connectivity index (χ0n) is 16.1. The van der Waals surface area contributed by atoms with Crippen LogP contribution in [-0.4, -0.2) is 25.5 Å². The quantitative estimate of drug-likeness (QED) is 0.241. The molecule has 2 heterocycles. The van der Waals surface area contributed by atoms with Gasteiger partial charge in [0.05, 0.1) is 17.2 Å². The number of anilines is 1. The van der Waals surface area contributed by atoms with Crippen molar-refractivity contribution in [3.63, 3.8) is 0 Å². The molecule has 0 bridgehead atoms. The maximum Gasteiger partial charge on any atom is 0.434 e. The highest BCUT2D eigenvalue weighted by Gasteiger charge is 2.40. The first-order valence-electron chi connectivity index (χ1n) is 8.37. The molecule has 3 rings (SSSR count). The van der Waals surface area contributed by atoms with Crippen LogP contribution >= 0.6 is 15.9 Å². The third-order valence-corrected chi connectivity index (χ3v) is 4.85. The number of aromatic nitrogens is 2. The van der Waals surface area contributed by atoms with E-state index < -0.39 is 22.2 Å². The summed E-state index contributed by atoms with van der Waals surface area (Å²) in [5.74, 6) is -1.43. The van der Waals surface area contributed by atoms with Gasteiger partial charge in [0.2, 0.25) is 0 Å². The van der Waals surface area contributed by atoms with Crippen molar-refractivity contribution in [1.29, 1.82) is 5.41 Å².